The van der Waals surface area contributed by atoms with Gasteiger partial charge in [0.15, 0.2) is 0 Å². The fourth-order valence-corrected chi connectivity index (χ4v) is 3.05. The zero-order chi connectivity index (χ0) is 17.2. The summed E-state index contributed by atoms with van der Waals surface area (Å²) < 4.78 is 4.93. The van der Waals surface area contributed by atoms with E-state index in [9.17, 15) is 4.79 Å². The summed E-state index contributed by atoms with van der Waals surface area (Å²) in [4.78, 5) is 11.3. The van der Waals surface area contributed by atoms with E-state index in [4.69, 9.17) is 4.74 Å². The molecule has 132 valence electrons. The number of carbonyl (C=O) groups is 1. The highest BCUT2D eigenvalue weighted by Gasteiger charge is 2.16. The highest BCUT2D eigenvalue weighted by atomic mass is 16.5. The van der Waals surface area contributed by atoms with Crippen LogP contribution in [-0.4, -0.2) is 30.7 Å². The molecule has 0 saturated heterocycles. The Hall–Kier alpha value is -1.91. The molecule has 0 unspecified atom stereocenters. The van der Waals surface area contributed by atoms with E-state index >= 15 is 0 Å². The quantitative estimate of drug-likeness (QED) is 0.389. The summed E-state index contributed by atoms with van der Waals surface area (Å²) in [6.45, 7) is 2.28. The zero-order valence-corrected chi connectivity index (χ0v) is 14.9. The summed E-state index contributed by atoms with van der Waals surface area (Å²) >= 11 is 0. The number of esters is 1. The Bertz CT molecular complexity index is 522. The number of hydrogen-bond donors (Lipinski definition) is 0. The summed E-state index contributed by atoms with van der Waals surface area (Å²) in [5.41, 5.74) is 2.07. The summed E-state index contributed by atoms with van der Waals surface area (Å²) in [5, 5.41) is 10.7. The molecule has 0 bridgehead atoms. The van der Waals surface area contributed by atoms with Crippen LogP contribution in [0.2, 0.25) is 0 Å². The van der Waals surface area contributed by atoms with Crippen molar-refractivity contribution in [1.82, 2.24) is 5.01 Å². The number of carbonyl (C=O) groups excluding carboxylic acids is 1. The smallest absolute Gasteiger partial charge is 0.305 e. The van der Waals surface area contributed by atoms with E-state index < -0.39 is 0 Å². The maximum atomic E-state index is 11.3. The molecule has 0 atom stereocenters. The van der Waals surface area contributed by atoms with E-state index in [0.29, 0.717) is 19.1 Å². The molecule has 1 aromatic carbocycles. The molecule has 0 aromatic heterocycles. The predicted octanol–water partition coefficient (Wildman–Crippen LogP) is 4.84. The van der Waals surface area contributed by atoms with Crippen molar-refractivity contribution in [3.05, 3.63) is 29.8 Å². The first-order valence-electron chi connectivity index (χ1n) is 9.08. The molecule has 0 radical (unpaired) electrons. The van der Waals surface area contributed by atoms with Gasteiger partial charge in [0.1, 0.15) is 0 Å². The van der Waals surface area contributed by atoms with E-state index in [0.717, 1.165) is 18.5 Å². The third-order valence-electron chi connectivity index (χ3n) is 4.49. The summed E-state index contributed by atoms with van der Waals surface area (Å²) in [7, 11) is 2.02. The highest BCUT2D eigenvalue weighted by Crippen LogP contribution is 2.23. The SMILES string of the molecule is CCOC(=O)CCCc1ccc(N=NN(C)C2CCCCC2)cc1. The van der Waals surface area contributed by atoms with E-state index in [2.05, 4.69) is 22.5 Å². The molecule has 0 heterocycles. The Morgan fingerprint density at radius 1 is 1.21 bits per heavy atom. The van der Waals surface area contributed by atoms with Crippen molar-refractivity contribution < 1.29 is 9.53 Å². The van der Waals surface area contributed by atoms with E-state index in [1.807, 2.05) is 31.1 Å². The molecule has 0 N–H and O–H groups in total. The summed E-state index contributed by atoms with van der Waals surface area (Å²) in [5.74, 6) is -0.117. The van der Waals surface area contributed by atoms with Crippen LogP contribution in [0.1, 0.15) is 57.4 Å². The summed E-state index contributed by atoms with van der Waals surface area (Å²) in [6.07, 6.45) is 8.53. The minimum atomic E-state index is -0.117. The molecule has 1 saturated carbocycles. The van der Waals surface area contributed by atoms with Gasteiger partial charge in [-0.15, -0.1) is 5.11 Å². The second kappa shape index (κ2) is 10.1. The third-order valence-corrected chi connectivity index (χ3v) is 4.49. The van der Waals surface area contributed by atoms with Crippen LogP contribution in [0.5, 0.6) is 0 Å². The Morgan fingerprint density at radius 2 is 1.92 bits per heavy atom. The van der Waals surface area contributed by atoms with Crippen LogP contribution in [0, 0.1) is 0 Å². The number of rotatable bonds is 8. The second-order valence-corrected chi connectivity index (χ2v) is 6.38. The highest BCUT2D eigenvalue weighted by molar-refractivity contribution is 5.69. The maximum Gasteiger partial charge on any atom is 0.305 e. The van der Waals surface area contributed by atoms with Crippen molar-refractivity contribution in [3.63, 3.8) is 0 Å². The molecule has 2 rings (SSSR count). The molecule has 0 spiro atoms. The number of ether oxygens (including phenoxy) is 1. The molecule has 0 amide bonds. The van der Waals surface area contributed by atoms with Crippen molar-refractivity contribution in [2.45, 2.75) is 64.3 Å². The first-order chi connectivity index (χ1) is 11.7. The lowest BCUT2D eigenvalue weighted by molar-refractivity contribution is -0.143. The van der Waals surface area contributed by atoms with Crippen LogP contribution in [0.3, 0.4) is 0 Å². The molecule has 1 aliphatic rings. The average molecular weight is 331 g/mol. The van der Waals surface area contributed by atoms with E-state index in [1.165, 1.54) is 37.7 Å². The van der Waals surface area contributed by atoms with Gasteiger partial charge in [0.2, 0.25) is 0 Å². The van der Waals surface area contributed by atoms with Crippen LogP contribution in [0.15, 0.2) is 34.6 Å². The van der Waals surface area contributed by atoms with Gasteiger partial charge in [-0.25, -0.2) is 0 Å². The molecule has 1 fully saturated rings. The van der Waals surface area contributed by atoms with Gasteiger partial charge in [0, 0.05) is 19.5 Å². The van der Waals surface area contributed by atoms with Crippen molar-refractivity contribution in [2.24, 2.45) is 10.3 Å². The molecule has 1 aliphatic carbocycles. The molecule has 5 heteroatoms. The van der Waals surface area contributed by atoms with E-state index in [-0.39, 0.29) is 5.97 Å². The summed E-state index contributed by atoms with van der Waals surface area (Å²) in [6, 6.07) is 8.61. The van der Waals surface area contributed by atoms with Crippen LogP contribution in [0.4, 0.5) is 5.69 Å². The number of nitrogens with zero attached hydrogens (tertiary/aromatic N) is 3. The number of aryl methyl sites for hydroxylation is 1. The lowest BCUT2D eigenvalue weighted by Gasteiger charge is -2.27. The Labute approximate surface area is 145 Å². The van der Waals surface area contributed by atoms with Crippen LogP contribution < -0.4 is 0 Å². The van der Waals surface area contributed by atoms with Crippen LogP contribution in [0.25, 0.3) is 0 Å². The number of hydrogen-bond acceptors (Lipinski definition) is 4. The van der Waals surface area contributed by atoms with Crippen molar-refractivity contribution in [3.8, 4) is 0 Å². The van der Waals surface area contributed by atoms with Gasteiger partial charge in [0.05, 0.1) is 12.3 Å². The Kier molecular flexibility index (Phi) is 7.72. The minimum Gasteiger partial charge on any atom is -0.466 e. The van der Waals surface area contributed by atoms with Crippen LogP contribution >= 0.6 is 0 Å². The topological polar surface area (TPSA) is 54.3 Å². The van der Waals surface area contributed by atoms with Crippen LogP contribution in [-0.2, 0) is 16.0 Å². The van der Waals surface area contributed by atoms with Gasteiger partial charge in [-0.05, 0) is 50.3 Å². The van der Waals surface area contributed by atoms with Crippen molar-refractivity contribution in [1.29, 1.82) is 0 Å². The first kappa shape index (κ1) is 18.4. The Morgan fingerprint density at radius 3 is 2.58 bits per heavy atom. The largest absolute Gasteiger partial charge is 0.466 e. The molecule has 1 aromatic rings. The minimum absolute atomic E-state index is 0.117. The van der Waals surface area contributed by atoms with Gasteiger partial charge in [-0.2, -0.15) is 0 Å². The fourth-order valence-electron chi connectivity index (χ4n) is 3.05. The van der Waals surface area contributed by atoms with Gasteiger partial charge >= 0.3 is 5.97 Å². The van der Waals surface area contributed by atoms with Gasteiger partial charge < -0.3 is 4.74 Å². The predicted molar refractivity (Wildman–Crippen MR) is 95.2 cm³/mol. The average Bonchev–Trinajstić information content (AvgIpc) is 2.62. The number of benzene rings is 1. The van der Waals surface area contributed by atoms with Crippen molar-refractivity contribution in [2.75, 3.05) is 13.7 Å². The third kappa shape index (κ3) is 6.30. The molecule has 24 heavy (non-hydrogen) atoms. The van der Waals surface area contributed by atoms with Crippen molar-refractivity contribution >= 4 is 11.7 Å². The maximum absolute atomic E-state index is 11.3. The molecular formula is C19H29N3O2. The Balaban J connectivity index is 1.76. The lowest BCUT2D eigenvalue weighted by atomic mass is 9.95. The normalized spacial score (nSPS) is 15.6. The van der Waals surface area contributed by atoms with Gasteiger partial charge in [-0.1, -0.05) is 36.6 Å². The first-order valence-corrected chi connectivity index (χ1v) is 9.08. The lowest BCUT2D eigenvalue weighted by Crippen LogP contribution is -2.28. The zero-order valence-electron chi connectivity index (χ0n) is 14.9. The standard InChI is InChI=1S/C19H29N3O2/c1-3-24-19(23)11-7-8-16-12-14-17(15-13-16)20-21-22(2)18-9-5-4-6-10-18/h12-15,18H,3-11H2,1-2H3. The van der Waals surface area contributed by atoms with Gasteiger partial charge in [0.25, 0.3) is 0 Å². The van der Waals surface area contributed by atoms with Gasteiger partial charge in [-0.3, -0.25) is 9.80 Å². The van der Waals surface area contributed by atoms with E-state index in [1.54, 1.807) is 0 Å². The second-order valence-electron chi connectivity index (χ2n) is 6.38. The molecule has 0 aliphatic heterocycles. The fraction of sp³-hybridized carbons (Fsp3) is 0.632. The molecule has 5 nitrogen and oxygen atoms in total. The monoisotopic (exact) mass is 331 g/mol. The molecular weight excluding hydrogens is 302 g/mol.